The van der Waals surface area contributed by atoms with Gasteiger partial charge in [-0.1, -0.05) is 11.6 Å². The minimum absolute atomic E-state index is 0.374. The summed E-state index contributed by atoms with van der Waals surface area (Å²) in [4.78, 5) is 0. The number of sulfonamides is 1. The lowest BCUT2D eigenvalue weighted by atomic mass is 10.3. The summed E-state index contributed by atoms with van der Waals surface area (Å²) in [5, 5.41) is 3.45. The zero-order valence-corrected chi connectivity index (χ0v) is 10.1. The van der Waals surface area contributed by atoms with E-state index in [2.05, 4.69) is 10.0 Å². The van der Waals surface area contributed by atoms with Gasteiger partial charge in [0.25, 0.3) is 0 Å². The lowest BCUT2D eigenvalue weighted by molar-refractivity contribution is 0.607. The molecule has 0 saturated heterocycles. The van der Waals surface area contributed by atoms with Crippen LogP contribution in [0, 0.1) is 0 Å². The molecule has 0 saturated carbocycles. The molecule has 84 valence electrons. The second-order valence-corrected chi connectivity index (χ2v) is 5.25. The average molecular weight is 249 g/mol. The molecule has 0 aliphatic heterocycles. The van der Waals surface area contributed by atoms with E-state index in [0.29, 0.717) is 10.7 Å². The third kappa shape index (κ3) is 3.97. The van der Waals surface area contributed by atoms with Gasteiger partial charge in [-0.25, -0.2) is 8.42 Å². The van der Waals surface area contributed by atoms with Crippen LogP contribution in [0.3, 0.4) is 0 Å². The Labute approximate surface area is 94.7 Å². The molecule has 2 N–H and O–H groups in total. The minimum atomic E-state index is -3.28. The molecule has 1 rings (SSSR count). The Hall–Kier alpha value is -0.940. The molecule has 0 aliphatic carbocycles. The van der Waals surface area contributed by atoms with E-state index in [1.54, 1.807) is 18.2 Å². The Kier molecular flexibility index (Phi) is 3.82. The van der Waals surface area contributed by atoms with E-state index >= 15 is 0 Å². The largest absolute Gasteiger partial charge is 0.385 e. The average Bonchev–Trinajstić information content (AvgIpc) is 2.08. The summed E-state index contributed by atoms with van der Waals surface area (Å²) in [5.74, 6) is 0. The van der Waals surface area contributed by atoms with Crippen molar-refractivity contribution < 1.29 is 8.42 Å². The van der Waals surface area contributed by atoms with Gasteiger partial charge in [-0.2, -0.15) is 0 Å². The highest BCUT2D eigenvalue weighted by molar-refractivity contribution is 7.92. The van der Waals surface area contributed by atoms with Crippen molar-refractivity contribution in [3.8, 4) is 0 Å². The van der Waals surface area contributed by atoms with Gasteiger partial charge in [0.1, 0.15) is 0 Å². The monoisotopic (exact) mass is 248 g/mol. The van der Waals surface area contributed by atoms with Crippen LogP contribution in [0.25, 0.3) is 0 Å². The molecular weight excluding hydrogens is 236 g/mol. The molecular formula is C9H13ClN2O2S. The number of benzene rings is 1. The van der Waals surface area contributed by atoms with Gasteiger partial charge in [-0.15, -0.1) is 0 Å². The first kappa shape index (κ1) is 12.1. The molecule has 0 fully saturated rings. The van der Waals surface area contributed by atoms with Gasteiger partial charge < -0.3 is 5.32 Å². The molecule has 6 heteroatoms. The van der Waals surface area contributed by atoms with Crippen LogP contribution in [0.4, 0.5) is 11.4 Å². The van der Waals surface area contributed by atoms with Crippen molar-refractivity contribution in [3.05, 3.63) is 23.2 Å². The number of hydrogen-bond acceptors (Lipinski definition) is 3. The number of rotatable bonds is 4. The fourth-order valence-electron chi connectivity index (χ4n) is 1.11. The van der Waals surface area contributed by atoms with E-state index in [1.807, 2.05) is 6.92 Å². The lowest BCUT2D eigenvalue weighted by Gasteiger charge is -2.08. The fraction of sp³-hybridized carbons (Fsp3) is 0.333. The van der Waals surface area contributed by atoms with Gasteiger partial charge in [0.05, 0.1) is 17.0 Å². The molecule has 0 bridgehead atoms. The summed E-state index contributed by atoms with van der Waals surface area (Å²) < 4.78 is 24.3. The van der Waals surface area contributed by atoms with Crippen molar-refractivity contribution in [2.45, 2.75) is 6.92 Å². The Morgan fingerprint density at radius 2 is 2.07 bits per heavy atom. The maximum atomic E-state index is 11.0. The molecule has 0 aliphatic rings. The molecule has 4 nitrogen and oxygen atoms in total. The third-order valence-corrected chi connectivity index (χ3v) is 2.55. The molecule has 0 atom stereocenters. The number of hydrogen-bond donors (Lipinski definition) is 2. The van der Waals surface area contributed by atoms with Crippen LogP contribution in [0.5, 0.6) is 0 Å². The lowest BCUT2D eigenvalue weighted by Crippen LogP contribution is -2.10. The molecule has 0 aromatic heterocycles. The summed E-state index contributed by atoms with van der Waals surface area (Å²) in [7, 11) is -3.28. The zero-order chi connectivity index (χ0) is 11.5. The Morgan fingerprint density at radius 1 is 1.40 bits per heavy atom. The van der Waals surface area contributed by atoms with Crippen LogP contribution in [0.1, 0.15) is 6.92 Å². The van der Waals surface area contributed by atoms with Crippen molar-refractivity contribution in [3.63, 3.8) is 0 Å². The van der Waals surface area contributed by atoms with Crippen LogP contribution < -0.4 is 10.0 Å². The highest BCUT2D eigenvalue weighted by Gasteiger charge is 2.06. The van der Waals surface area contributed by atoms with Gasteiger partial charge in [-0.3, -0.25) is 4.72 Å². The third-order valence-electron chi connectivity index (χ3n) is 1.65. The highest BCUT2D eigenvalue weighted by Crippen LogP contribution is 2.25. The predicted octanol–water partition coefficient (Wildman–Crippen LogP) is 2.14. The maximum Gasteiger partial charge on any atom is 0.229 e. The van der Waals surface area contributed by atoms with Crippen molar-refractivity contribution in [1.29, 1.82) is 0 Å². The topological polar surface area (TPSA) is 58.2 Å². The summed E-state index contributed by atoms with van der Waals surface area (Å²) in [6.07, 6.45) is 1.08. The fourth-order valence-corrected chi connectivity index (χ4v) is 1.97. The van der Waals surface area contributed by atoms with E-state index in [4.69, 9.17) is 11.6 Å². The Balaban J connectivity index is 2.93. The molecule has 1 aromatic carbocycles. The van der Waals surface area contributed by atoms with Crippen LogP contribution >= 0.6 is 11.6 Å². The van der Waals surface area contributed by atoms with Gasteiger partial charge in [-0.05, 0) is 25.1 Å². The van der Waals surface area contributed by atoms with Gasteiger partial charge in [0.2, 0.25) is 10.0 Å². The van der Waals surface area contributed by atoms with Crippen LogP contribution in [0.2, 0.25) is 5.02 Å². The standard InChI is InChI=1S/C9H13ClN2O2S/c1-3-11-7-4-5-9(8(10)6-7)12-15(2,13)14/h4-6,11-12H,3H2,1-2H3. The van der Waals surface area contributed by atoms with Crippen molar-refractivity contribution in [2.24, 2.45) is 0 Å². The summed E-state index contributed by atoms with van der Waals surface area (Å²) in [5.41, 5.74) is 1.25. The normalized spacial score (nSPS) is 11.1. The molecule has 0 amide bonds. The van der Waals surface area contributed by atoms with Crippen molar-refractivity contribution in [2.75, 3.05) is 22.8 Å². The highest BCUT2D eigenvalue weighted by atomic mass is 35.5. The van der Waals surface area contributed by atoms with E-state index in [1.165, 1.54) is 0 Å². The Morgan fingerprint density at radius 3 is 2.53 bits per heavy atom. The van der Waals surface area contributed by atoms with Crippen LogP contribution in [-0.2, 0) is 10.0 Å². The van der Waals surface area contributed by atoms with E-state index < -0.39 is 10.0 Å². The molecule has 0 spiro atoms. The van der Waals surface area contributed by atoms with Crippen LogP contribution in [0.15, 0.2) is 18.2 Å². The first-order chi connectivity index (χ1) is 6.92. The summed E-state index contributed by atoms with van der Waals surface area (Å²) >= 11 is 5.90. The number of anilines is 2. The minimum Gasteiger partial charge on any atom is -0.385 e. The molecule has 0 radical (unpaired) electrons. The van der Waals surface area contributed by atoms with Crippen molar-refractivity contribution >= 4 is 33.0 Å². The second-order valence-electron chi connectivity index (χ2n) is 3.10. The van der Waals surface area contributed by atoms with Crippen molar-refractivity contribution in [1.82, 2.24) is 0 Å². The predicted molar refractivity (Wildman–Crippen MR) is 64.1 cm³/mol. The van der Waals surface area contributed by atoms with Crippen LogP contribution in [-0.4, -0.2) is 21.2 Å². The maximum absolute atomic E-state index is 11.0. The summed E-state index contributed by atoms with van der Waals surface area (Å²) in [6, 6.07) is 5.07. The molecule has 0 unspecified atom stereocenters. The molecule has 0 heterocycles. The second kappa shape index (κ2) is 4.72. The number of halogens is 1. The van der Waals surface area contributed by atoms with E-state index in [0.717, 1.165) is 18.5 Å². The SMILES string of the molecule is CCNc1ccc(NS(C)(=O)=O)c(Cl)c1. The first-order valence-corrected chi connectivity index (χ1v) is 6.70. The molecule has 15 heavy (non-hydrogen) atoms. The summed E-state index contributed by atoms with van der Waals surface area (Å²) in [6.45, 7) is 2.76. The van der Waals surface area contributed by atoms with Gasteiger partial charge in [0.15, 0.2) is 0 Å². The van der Waals surface area contributed by atoms with Gasteiger partial charge >= 0.3 is 0 Å². The zero-order valence-electron chi connectivity index (χ0n) is 8.54. The smallest absolute Gasteiger partial charge is 0.229 e. The van der Waals surface area contributed by atoms with E-state index in [-0.39, 0.29) is 0 Å². The first-order valence-electron chi connectivity index (χ1n) is 4.43. The molecule has 1 aromatic rings. The van der Waals surface area contributed by atoms with Gasteiger partial charge in [0, 0.05) is 12.2 Å². The van der Waals surface area contributed by atoms with E-state index in [9.17, 15) is 8.42 Å². The number of nitrogens with one attached hydrogen (secondary N) is 2. The quantitative estimate of drug-likeness (QED) is 0.858. The Bertz CT molecular complexity index is 445.